The molecule has 41 heavy (non-hydrogen) atoms. The van der Waals surface area contributed by atoms with Crippen LogP contribution in [-0.4, -0.2) is 44.8 Å². The molecule has 2 heterocycles. The van der Waals surface area contributed by atoms with Crippen molar-refractivity contribution in [3.05, 3.63) is 95.1 Å². The quantitative estimate of drug-likeness (QED) is 0.177. The Balaban J connectivity index is 1.63. The molecule has 0 bridgehead atoms. The van der Waals surface area contributed by atoms with Crippen molar-refractivity contribution in [2.75, 3.05) is 0 Å². The van der Waals surface area contributed by atoms with Gasteiger partial charge in [0, 0.05) is 33.0 Å². The standard InChI is InChI=1S/C33H32N4O4/c1-3-5-6-19-32(34,35)33(4-2,36-28(38)22-15-7-11-20-12-8-16-23(26(20)22)29(36)39)37-30(40)24-17-9-13-21-14-10-18-25(27(21)24)31(37)41/h7-18H,3-6,19,34-35H2,1-2H3. The van der Waals surface area contributed by atoms with Gasteiger partial charge in [-0.3, -0.25) is 19.2 Å². The van der Waals surface area contributed by atoms with Gasteiger partial charge in [-0.15, -0.1) is 0 Å². The average Bonchev–Trinajstić information content (AvgIpc) is 2.97. The molecule has 6 rings (SSSR count). The first-order chi connectivity index (χ1) is 19.7. The second-order valence-corrected chi connectivity index (χ2v) is 11.0. The molecule has 0 spiro atoms. The predicted molar refractivity (Wildman–Crippen MR) is 157 cm³/mol. The van der Waals surface area contributed by atoms with E-state index in [0.717, 1.165) is 33.4 Å². The summed E-state index contributed by atoms with van der Waals surface area (Å²) in [6, 6.07) is 20.9. The number of hydrogen-bond acceptors (Lipinski definition) is 6. The molecule has 0 atom stereocenters. The van der Waals surface area contributed by atoms with E-state index in [-0.39, 0.29) is 12.8 Å². The van der Waals surface area contributed by atoms with Gasteiger partial charge in [0.1, 0.15) is 5.66 Å². The van der Waals surface area contributed by atoms with E-state index in [1.165, 1.54) is 0 Å². The van der Waals surface area contributed by atoms with Crippen LogP contribution in [0.2, 0.25) is 0 Å². The first-order valence-electron chi connectivity index (χ1n) is 14.1. The van der Waals surface area contributed by atoms with Crippen LogP contribution in [0.25, 0.3) is 21.5 Å². The lowest BCUT2D eigenvalue weighted by atomic mass is 9.79. The van der Waals surface area contributed by atoms with Gasteiger partial charge >= 0.3 is 0 Å². The zero-order valence-electron chi connectivity index (χ0n) is 23.1. The van der Waals surface area contributed by atoms with Gasteiger partial charge < -0.3 is 11.5 Å². The number of rotatable bonds is 8. The molecular weight excluding hydrogens is 516 g/mol. The Morgan fingerprint density at radius 2 is 0.951 bits per heavy atom. The molecule has 208 valence electrons. The first-order valence-corrected chi connectivity index (χ1v) is 14.1. The van der Waals surface area contributed by atoms with Crippen molar-refractivity contribution in [3.8, 4) is 0 Å². The summed E-state index contributed by atoms with van der Waals surface area (Å²) in [6.07, 6.45) is 2.36. The summed E-state index contributed by atoms with van der Waals surface area (Å²) in [5.41, 5.74) is 11.3. The summed E-state index contributed by atoms with van der Waals surface area (Å²) in [4.78, 5) is 59.7. The molecule has 8 nitrogen and oxygen atoms in total. The molecule has 2 aliphatic rings. The molecule has 8 heteroatoms. The average molecular weight is 549 g/mol. The third-order valence-corrected chi connectivity index (χ3v) is 8.72. The van der Waals surface area contributed by atoms with Crippen molar-refractivity contribution in [1.82, 2.24) is 9.80 Å². The van der Waals surface area contributed by atoms with E-state index < -0.39 is 35.0 Å². The molecule has 4 aromatic carbocycles. The van der Waals surface area contributed by atoms with Crippen LogP contribution in [0.3, 0.4) is 0 Å². The van der Waals surface area contributed by atoms with Crippen LogP contribution in [-0.2, 0) is 0 Å². The highest BCUT2D eigenvalue weighted by atomic mass is 16.2. The largest absolute Gasteiger partial charge is 0.310 e. The highest BCUT2D eigenvalue weighted by Gasteiger charge is 2.63. The maximum atomic E-state index is 14.4. The number of imide groups is 2. The van der Waals surface area contributed by atoms with Gasteiger partial charge in [-0.05, 0) is 47.9 Å². The highest BCUT2D eigenvalue weighted by Crippen LogP contribution is 2.44. The fraction of sp³-hybridized carbons (Fsp3) is 0.273. The Morgan fingerprint density at radius 1 is 0.585 bits per heavy atom. The fourth-order valence-corrected chi connectivity index (χ4v) is 6.76. The number of hydrogen-bond donors (Lipinski definition) is 2. The summed E-state index contributed by atoms with van der Waals surface area (Å²) < 4.78 is 0. The zero-order chi connectivity index (χ0) is 29.1. The van der Waals surface area contributed by atoms with Crippen molar-refractivity contribution < 1.29 is 19.2 Å². The number of carbonyl (C=O) groups is 4. The van der Waals surface area contributed by atoms with E-state index in [9.17, 15) is 19.2 Å². The van der Waals surface area contributed by atoms with Gasteiger partial charge in [0.25, 0.3) is 23.6 Å². The van der Waals surface area contributed by atoms with Crippen LogP contribution in [0.5, 0.6) is 0 Å². The molecular formula is C33H32N4O4. The van der Waals surface area contributed by atoms with Crippen LogP contribution in [0.4, 0.5) is 0 Å². The van der Waals surface area contributed by atoms with Gasteiger partial charge in [-0.25, -0.2) is 9.80 Å². The predicted octanol–water partition coefficient (Wildman–Crippen LogP) is 5.19. The zero-order valence-corrected chi connectivity index (χ0v) is 23.1. The molecule has 0 unspecified atom stereocenters. The lowest BCUT2D eigenvalue weighted by molar-refractivity contribution is -0.0566. The summed E-state index contributed by atoms with van der Waals surface area (Å²) >= 11 is 0. The monoisotopic (exact) mass is 548 g/mol. The molecule has 4 N–H and O–H groups in total. The minimum atomic E-state index is -2.01. The van der Waals surface area contributed by atoms with Crippen LogP contribution in [0.15, 0.2) is 72.8 Å². The van der Waals surface area contributed by atoms with Gasteiger partial charge in [0.05, 0.1) is 0 Å². The Bertz CT molecular complexity index is 1560. The smallest absolute Gasteiger partial charge is 0.263 e. The number of nitrogens with two attached hydrogens (primary N) is 2. The number of benzene rings is 4. The van der Waals surface area contributed by atoms with Gasteiger partial charge in [0.2, 0.25) is 0 Å². The Labute approximate surface area is 237 Å². The minimum absolute atomic E-state index is 0.0582. The lowest BCUT2D eigenvalue weighted by Crippen LogP contribution is -2.83. The Morgan fingerprint density at radius 3 is 1.27 bits per heavy atom. The first kappa shape index (κ1) is 26.8. The molecule has 0 saturated carbocycles. The maximum absolute atomic E-state index is 14.4. The molecule has 0 aliphatic carbocycles. The molecule has 0 fully saturated rings. The third-order valence-electron chi connectivity index (χ3n) is 8.72. The minimum Gasteiger partial charge on any atom is -0.310 e. The Hall–Kier alpha value is -4.40. The van der Waals surface area contributed by atoms with E-state index in [1.807, 2.05) is 31.2 Å². The maximum Gasteiger partial charge on any atom is 0.263 e. The van der Waals surface area contributed by atoms with Crippen molar-refractivity contribution >= 4 is 45.2 Å². The van der Waals surface area contributed by atoms with E-state index in [0.29, 0.717) is 39.4 Å². The molecule has 2 aliphatic heterocycles. The molecule has 0 aromatic heterocycles. The Kier molecular flexibility index (Phi) is 6.28. The molecule has 0 saturated heterocycles. The normalized spacial score (nSPS) is 15.4. The molecule has 0 radical (unpaired) electrons. The highest BCUT2D eigenvalue weighted by molar-refractivity contribution is 6.28. The number of nitrogens with zero attached hydrogens (tertiary/aromatic N) is 2. The lowest BCUT2D eigenvalue weighted by Gasteiger charge is -2.57. The topological polar surface area (TPSA) is 127 Å². The van der Waals surface area contributed by atoms with Crippen molar-refractivity contribution in [1.29, 1.82) is 0 Å². The van der Waals surface area contributed by atoms with Crippen LogP contribution < -0.4 is 11.5 Å². The van der Waals surface area contributed by atoms with Gasteiger partial charge in [-0.1, -0.05) is 81.6 Å². The molecule has 4 aromatic rings. The summed E-state index contributed by atoms with van der Waals surface area (Å²) in [6.45, 7) is 3.74. The van der Waals surface area contributed by atoms with Gasteiger partial charge in [0.15, 0.2) is 5.66 Å². The van der Waals surface area contributed by atoms with Gasteiger partial charge in [-0.2, -0.15) is 0 Å². The van der Waals surface area contributed by atoms with E-state index in [2.05, 4.69) is 0 Å². The van der Waals surface area contributed by atoms with Crippen molar-refractivity contribution in [3.63, 3.8) is 0 Å². The second kappa shape index (κ2) is 9.61. The van der Waals surface area contributed by atoms with Crippen molar-refractivity contribution in [2.24, 2.45) is 11.5 Å². The van der Waals surface area contributed by atoms with Crippen LogP contribution >= 0.6 is 0 Å². The van der Waals surface area contributed by atoms with E-state index in [4.69, 9.17) is 11.5 Å². The number of unbranched alkanes of at least 4 members (excludes halogenated alkanes) is 2. The van der Waals surface area contributed by atoms with E-state index >= 15 is 0 Å². The summed E-state index contributed by atoms with van der Waals surface area (Å²) in [5, 5.41) is 2.54. The van der Waals surface area contributed by atoms with E-state index in [1.54, 1.807) is 55.5 Å². The van der Waals surface area contributed by atoms with Crippen molar-refractivity contribution in [2.45, 2.75) is 57.3 Å². The third kappa shape index (κ3) is 3.60. The summed E-state index contributed by atoms with van der Waals surface area (Å²) in [5.74, 6) is -2.58. The molecule has 4 amide bonds. The SMILES string of the molecule is CCCCCC(N)(N)C(CC)(N1C(=O)c2cccc3cccc(c23)C1=O)N1C(=O)c2cccc3cccc(c23)C1=O. The van der Waals surface area contributed by atoms with Crippen LogP contribution in [0, 0.1) is 0 Å². The summed E-state index contributed by atoms with van der Waals surface area (Å²) in [7, 11) is 0. The number of carbonyl (C=O) groups excluding carboxylic acids is 4. The second-order valence-electron chi connectivity index (χ2n) is 11.0. The number of amides is 4. The van der Waals surface area contributed by atoms with Crippen LogP contribution in [0.1, 0.15) is 87.4 Å². The fourth-order valence-electron chi connectivity index (χ4n) is 6.76.